The number of aliphatic hydroxyl groups excluding tert-OH is 1. The number of carbonyl (C=O) groups excluding carboxylic acids is 1. The van der Waals surface area contributed by atoms with Crippen molar-refractivity contribution in [2.75, 3.05) is 18.9 Å². The van der Waals surface area contributed by atoms with Gasteiger partial charge in [-0.05, 0) is 25.0 Å². The molecular weight excluding hydrogens is 236 g/mol. The van der Waals surface area contributed by atoms with E-state index < -0.39 is 0 Å². The highest BCUT2D eigenvalue weighted by molar-refractivity contribution is 8.00. The Morgan fingerprint density at radius 2 is 2.18 bits per heavy atom. The zero-order chi connectivity index (χ0) is 12.1. The first-order valence-corrected chi connectivity index (χ1v) is 6.73. The number of thioether (sulfide) groups is 1. The van der Waals surface area contributed by atoms with Gasteiger partial charge in [-0.1, -0.05) is 0 Å². The van der Waals surface area contributed by atoms with Crippen molar-refractivity contribution in [2.24, 2.45) is 0 Å². The molecule has 17 heavy (non-hydrogen) atoms. The standard InChI is InChI=1S/C12H16N2O2S/c15-8-7-14(10-1-2-10)12(16)9-17-11-3-5-13-6-4-11/h3-6,10,15H,1-2,7-9H2. The predicted octanol–water partition coefficient (Wildman–Crippen LogP) is 1.16. The molecule has 0 saturated heterocycles. The van der Waals surface area contributed by atoms with Crippen molar-refractivity contribution >= 4 is 17.7 Å². The fourth-order valence-electron chi connectivity index (χ4n) is 1.67. The molecule has 1 aromatic heterocycles. The van der Waals surface area contributed by atoms with E-state index in [0.717, 1.165) is 17.7 Å². The fourth-order valence-corrected chi connectivity index (χ4v) is 2.44. The number of hydrogen-bond acceptors (Lipinski definition) is 4. The van der Waals surface area contributed by atoms with E-state index in [9.17, 15) is 4.79 Å². The molecule has 2 rings (SSSR count). The molecule has 92 valence electrons. The van der Waals surface area contributed by atoms with E-state index in [1.807, 2.05) is 12.1 Å². The van der Waals surface area contributed by atoms with Crippen molar-refractivity contribution in [3.8, 4) is 0 Å². The molecule has 0 aliphatic heterocycles. The van der Waals surface area contributed by atoms with E-state index in [1.54, 1.807) is 17.3 Å². The molecule has 1 aromatic rings. The van der Waals surface area contributed by atoms with Gasteiger partial charge in [0.2, 0.25) is 5.91 Å². The molecule has 5 heteroatoms. The Hall–Kier alpha value is -1.07. The molecule has 0 bridgehead atoms. The van der Waals surface area contributed by atoms with Crippen molar-refractivity contribution in [3.05, 3.63) is 24.5 Å². The summed E-state index contributed by atoms with van der Waals surface area (Å²) in [6, 6.07) is 4.16. The normalized spacial score (nSPS) is 14.6. The average molecular weight is 252 g/mol. The summed E-state index contributed by atoms with van der Waals surface area (Å²) in [6.45, 7) is 0.503. The third-order valence-corrected chi connectivity index (χ3v) is 3.66. The molecule has 0 spiro atoms. The van der Waals surface area contributed by atoms with Crippen molar-refractivity contribution < 1.29 is 9.90 Å². The zero-order valence-corrected chi connectivity index (χ0v) is 10.4. The van der Waals surface area contributed by atoms with Crippen molar-refractivity contribution in [2.45, 2.75) is 23.8 Å². The first kappa shape index (κ1) is 12.4. The van der Waals surface area contributed by atoms with Crippen molar-refractivity contribution in [3.63, 3.8) is 0 Å². The maximum atomic E-state index is 12.0. The average Bonchev–Trinajstić information content (AvgIpc) is 3.18. The summed E-state index contributed by atoms with van der Waals surface area (Å²) in [4.78, 5) is 18.7. The second kappa shape index (κ2) is 6.02. The van der Waals surface area contributed by atoms with E-state index in [-0.39, 0.29) is 12.5 Å². The van der Waals surface area contributed by atoms with Gasteiger partial charge in [0.1, 0.15) is 0 Å². The molecule has 1 saturated carbocycles. The second-order valence-electron chi connectivity index (χ2n) is 4.01. The Kier molecular flexibility index (Phi) is 4.39. The summed E-state index contributed by atoms with van der Waals surface area (Å²) in [5.41, 5.74) is 0. The van der Waals surface area contributed by atoms with Crippen LogP contribution in [0.4, 0.5) is 0 Å². The molecular formula is C12H16N2O2S. The summed E-state index contributed by atoms with van der Waals surface area (Å²) in [5, 5.41) is 8.94. The molecule has 0 unspecified atom stereocenters. The van der Waals surface area contributed by atoms with Crippen molar-refractivity contribution in [1.29, 1.82) is 0 Å². The van der Waals surface area contributed by atoms with Gasteiger partial charge in [0.05, 0.1) is 12.4 Å². The van der Waals surface area contributed by atoms with E-state index in [1.165, 1.54) is 11.8 Å². The number of pyridine rings is 1. The van der Waals surface area contributed by atoms with Crippen molar-refractivity contribution in [1.82, 2.24) is 9.88 Å². The van der Waals surface area contributed by atoms with E-state index in [4.69, 9.17) is 5.11 Å². The van der Waals surface area contributed by atoms with E-state index in [0.29, 0.717) is 18.3 Å². The Labute approximate surface area is 105 Å². The predicted molar refractivity (Wildman–Crippen MR) is 66.8 cm³/mol. The fraction of sp³-hybridized carbons (Fsp3) is 0.500. The molecule has 1 heterocycles. The number of nitrogens with zero attached hydrogens (tertiary/aromatic N) is 2. The Morgan fingerprint density at radius 3 is 2.76 bits per heavy atom. The van der Waals surface area contributed by atoms with Crippen LogP contribution < -0.4 is 0 Å². The van der Waals surface area contributed by atoms with Gasteiger partial charge >= 0.3 is 0 Å². The zero-order valence-electron chi connectivity index (χ0n) is 9.58. The monoisotopic (exact) mass is 252 g/mol. The van der Waals surface area contributed by atoms with Crippen LogP contribution in [0.5, 0.6) is 0 Å². The highest BCUT2D eigenvalue weighted by atomic mass is 32.2. The lowest BCUT2D eigenvalue weighted by molar-refractivity contribution is -0.129. The van der Waals surface area contributed by atoms with E-state index in [2.05, 4.69) is 4.98 Å². The molecule has 0 radical (unpaired) electrons. The molecule has 1 amide bonds. The Morgan fingerprint density at radius 1 is 1.47 bits per heavy atom. The highest BCUT2D eigenvalue weighted by Crippen LogP contribution is 2.27. The SMILES string of the molecule is O=C(CSc1ccncc1)N(CCO)C1CC1. The van der Waals surface area contributed by atoms with Gasteiger partial charge in [-0.3, -0.25) is 9.78 Å². The van der Waals surface area contributed by atoms with Crippen LogP contribution in [0.25, 0.3) is 0 Å². The molecule has 1 aliphatic rings. The maximum Gasteiger partial charge on any atom is 0.233 e. The van der Waals surface area contributed by atoms with Crippen LogP contribution in [-0.2, 0) is 4.79 Å². The summed E-state index contributed by atoms with van der Waals surface area (Å²) in [7, 11) is 0. The quantitative estimate of drug-likeness (QED) is 0.772. The van der Waals surface area contributed by atoms with Crippen LogP contribution >= 0.6 is 11.8 Å². The first-order chi connectivity index (χ1) is 8.31. The number of carbonyl (C=O) groups is 1. The Balaban J connectivity index is 1.83. The van der Waals surface area contributed by atoms with E-state index >= 15 is 0 Å². The van der Waals surface area contributed by atoms with Crippen LogP contribution in [0.1, 0.15) is 12.8 Å². The minimum Gasteiger partial charge on any atom is -0.395 e. The summed E-state index contributed by atoms with van der Waals surface area (Å²) >= 11 is 1.52. The summed E-state index contributed by atoms with van der Waals surface area (Å²) < 4.78 is 0. The summed E-state index contributed by atoms with van der Waals surface area (Å²) in [5.74, 6) is 0.545. The lowest BCUT2D eigenvalue weighted by Crippen LogP contribution is -2.36. The second-order valence-corrected chi connectivity index (χ2v) is 5.06. The molecule has 1 N–H and O–H groups in total. The number of amides is 1. The molecule has 0 atom stereocenters. The van der Waals surface area contributed by atoms with Gasteiger partial charge in [-0.25, -0.2) is 0 Å². The van der Waals surface area contributed by atoms with Crippen LogP contribution in [0.2, 0.25) is 0 Å². The maximum absolute atomic E-state index is 12.0. The van der Waals surface area contributed by atoms with Crippen LogP contribution in [-0.4, -0.2) is 45.8 Å². The molecule has 1 aliphatic carbocycles. The smallest absolute Gasteiger partial charge is 0.233 e. The topological polar surface area (TPSA) is 53.4 Å². The Bertz CT molecular complexity index is 368. The molecule has 4 nitrogen and oxygen atoms in total. The largest absolute Gasteiger partial charge is 0.395 e. The van der Waals surface area contributed by atoms with Gasteiger partial charge < -0.3 is 10.0 Å². The lowest BCUT2D eigenvalue weighted by Gasteiger charge is -2.21. The molecule has 0 aromatic carbocycles. The number of hydrogen-bond donors (Lipinski definition) is 1. The lowest BCUT2D eigenvalue weighted by atomic mass is 10.4. The number of aliphatic hydroxyl groups is 1. The van der Waals surface area contributed by atoms with Gasteiger partial charge in [0.25, 0.3) is 0 Å². The minimum absolute atomic E-state index is 0.0438. The van der Waals surface area contributed by atoms with Gasteiger partial charge in [0.15, 0.2) is 0 Å². The first-order valence-electron chi connectivity index (χ1n) is 5.74. The molecule has 1 fully saturated rings. The van der Waals surface area contributed by atoms with Gasteiger partial charge in [0, 0.05) is 29.9 Å². The third kappa shape index (κ3) is 3.71. The minimum atomic E-state index is 0.0438. The van der Waals surface area contributed by atoms with Crippen LogP contribution in [0.15, 0.2) is 29.4 Å². The summed E-state index contributed by atoms with van der Waals surface area (Å²) in [6.07, 6.45) is 5.59. The number of rotatable bonds is 6. The van der Waals surface area contributed by atoms with Crippen LogP contribution in [0.3, 0.4) is 0 Å². The van der Waals surface area contributed by atoms with Crippen LogP contribution in [0, 0.1) is 0 Å². The number of aromatic nitrogens is 1. The van der Waals surface area contributed by atoms with Gasteiger partial charge in [-0.2, -0.15) is 0 Å². The highest BCUT2D eigenvalue weighted by Gasteiger charge is 2.31. The van der Waals surface area contributed by atoms with Gasteiger partial charge in [-0.15, -0.1) is 11.8 Å². The third-order valence-electron chi connectivity index (χ3n) is 2.66.